The van der Waals surface area contributed by atoms with E-state index in [-0.39, 0.29) is 37.8 Å². The van der Waals surface area contributed by atoms with Crippen molar-refractivity contribution >= 4 is 5.97 Å². The van der Waals surface area contributed by atoms with Gasteiger partial charge in [0.2, 0.25) is 0 Å². The Kier molecular flexibility index (Phi) is 15.1. The van der Waals surface area contributed by atoms with Gasteiger partial charge in [-0.3, -0.25) is 4.79 Å². The van der Waals surface area contributed by atoms with E-state index in [1.54, 1.807) is 27.7 Å². The number of aliphatic hydroxyl groups excluding tert-OH is 2. The van der Waals surface area contributed by atoms with Gasteiger partial charge in [0, 0.05) is 36.4 Å². The van der Waals surface area contributed by atoms with Crippen LogP contribution in [0.15, 0.2) is 0 Å². The first-order chi connectivity index (χ1) is 25.0. The predicted molar refractivity (Wildman–Crippen MR) is 203 cm³/mol. The van der Waals surface area contributed by atoms with Crippen LogP contribution >= 0.6 is 0 Å². The standard InChI is InChI=1S/C40H75N3O11/c1-13-15-41-21-40(49)26(7)50-30-19-37(40,8)18-27-16-28(43(11)12)31(45)36(51-27)54-33-23(4)32(52-30)24(5)35(46)53-34(39(10,48)29(44)14-2)25(6)42-20-22(3)17-38(33,9)47/h22-34,36,41-42,44-45,47-49H,13-21H2,1-12H3/t22-,23+,24-,25+,26+,27+,28+,29-,30+,31-,32+,33-,34+,36+,37+,38-,39-,40+/m1/s1. The maximum Gasteiger partial charge on any atom is 0.311 e. The molecule has 6 bridgehead atoms. The Balaban J connectivity index is 1.88. The van der Waals surface area contributed by atoms with E-state index in [2.05, 4.69) is 17.6 Å². The molecule has 4 heterocycles. The summed E-state index contributed by atoms with van der Waals surface area (Å²) in [5, 5.41) is 66.2. The van der Waals surface area contributed by atoms with Gasteiger partial charge >= 0.3 is 5.97 Å². The summed E-state index contributed by atoms with van der Waals surface area (Å²) in [6.07, 6.45) is -5.89. The monoisotopic (exact) mass is 774 g/mol. The number of cyclic esters (lactones) is 1. The zero-order chi connectivity index (χ0) is 40.6. The number of rotatable bonds is 8. The highest BCUT2D eigenvalue weighted by atomic mass is 16.7. The minimum Gasteiger partial charge on any atom is -0.457 e. The number of esters is 1. The fraction of sp³-hybridized carbons (Fsp3) is 0.975. The molecule has 14 heteroatoms. The second-order valence-corrected chi connectivity index (χ2v) is 18.3. The summed E-state index contributed by atoms with van der Waals surface area (Å²) in [5.41, 5.74) is -5.44. The molecule has 54 heavy (non-hydrogen) atoms. The molecule has 0 saturated carbocycles. The van der Waals surface area contributed by atoms with E-state index >= 15 is 0 Å². The van der Waals surface area contributed by atoms with Gasteiger partial charge in [-0.25, -0.2) is 0 Å². The van der Waals surface area contributed by atoms with Crippen LogP contribution in [0.2, 0.25) is 0 Å². The summed E-state index contributed by atoms with van der Waals surface area (Å²) in [6, 6.07) is -0.917. The van der Waals surface area contributed by atoms with Gasteiger partial charge in [0.1, 0.15) is 23.4 Å². The van der Waals surface area contributed by atoms with Gasteiger partial charge < -0.3 is 64.8 Å². The van der Waals surface area contributed by atoms with E-state index in [0.717, 1.165) is 6.42 Å². The third kappa shape index (κ3) is 9.47. The number of hydrogen-bond acceptors (Lipinski definition) is 14. The SMILES string of the molecule is CCCNC[C@]1(O)[C@H](C)O[C@@H]2C[C@]1(C)C[C@@H]1C[C@H](N(C)C)[C@@H](O)[C@@H](O1)O[C@@H]1[C@@H](C)[C@H](O2)[C@@H](C)C(=O)O[C@H]([C@](C)(O)[C@H](O)CC)[C@H](C)NC[C@H](C)C[C@@]1(C)O. The predicted octanol–water partition coefficient (Wildman–Crippen LogP) is 1.91. The molecule has 4 rings (SSSR count). The Bertz CT molecular complexity index is 1230. The molecule has 14 nitrogen and oxygen atoms in total. The number of nitrogens with one attached hydrogen (secondary N) is 2. The van der Waals surface area contributed by atoms with E-state index in [1.165, 1.54) is 6.92 Å². The molecule has 0 aromatic rings. The fourth-order valence-corrected chi connectivity index (χ4v) is 9.87. The molecular weight excluding hydrogens is 698 g/mol. The summed E-state index contributed by atoms with van der Waals surface area (Å²) in [4.78, 5) is 16.3. The highest BCUT2D eigenvalue weighted by Gasteiger charge is 2.59. The van der Waals surface area contributed by atoms with E-state index in [1.807, 2.05) is 46.7 Å². The van der Waals surface area contributed by atoms with Crippen LogP contribution in [0, 0.1) is 23.2 Å². The molecule has 0 amide bonds. The normalized spacial score (nSPS) is 47.4. The lowest BCUT2D eigenvalue weighted by Gasteiger charge is -2.57. The third-order valence-corrected chi connectivity index (χ3v) is 13.3. The van der Waals surface area contributed by atoms with Crippen molar-refractivity contribution in [1.29, 1.82) is 0 Å². The Labute approximate surface area is 324 Å². The van der Waals surface area contributed by atoms with E-state index in [4.69, 9.17) is 23.7 Å². The average Bonchev–Trinajstić information content (AvgIpc) is 3.08. The lowest BCUT2D eigenvalue weighted by atomic mass is 9.63. The molecule has 0 radical (unpaired) electrons. The van der Waals surface area contributed by atoms with Crippen LogP contribution in [0.1, 0.15) is 108 Å². The Hall–Kier alpha value is -1.01. The average molecular weight is 774 g/mol. The van der Waals surface area contributed by atoms with Gasteiger partial charge in [0.05, 0.1) is 42.0 Å². The maximum atomic E-state index is 14.4. The van der Waals surface area contributed by atoms with Crippen LogP contribution in [0.5, 0.6) is 0 Å². The quantitative estimate of drug-likeness (QED) is 0.140. The van der Waals surface area contributed by atoms with Crippen molar-refractivity contribution in [2.75, 3.05) is 33.7 Å². The number of fused-ring (bicyclic) bond motifs is 6. The van der Waals surface area contributed by atoms with E-state index in [9.17, 15) is 30.3 Å². The summed E-state index contributed by atoms with van der Waals surface area (Å²) < 4.78 is 33.1. The second-order valence-electron chi connectivity index (χ2n) is 18.3. The molecule has 4 aliphatic rings. The third-order valence-electron chi connectivity index (χ3n) is 13.3. The number of carbonyl (C=O) groups is 1. The van der Waals surface area contributed by atoms with Crippen LogP contribution in [-0.4, -0.2) is 154 Å². The van der Waals surface area contributed by atoms with Gasteiger partial charge in [0.15, 0.2) is 12.6 Å². The molecule has 18 atom stereocenters. The number of hydrogen-bond donors (Lipinski definition) is 7. The molecule has 4 saturated heterocycles. The largest absolute Gasteiger partial charge is 0.457 e. The minimum absolute atomic E-state index is 0.128. The molecule has 0 aromatic carbocycles. The lowest BCUT2D eigenvalue weighted by Crippen LogP contribution is -2.67. The number of aliphatic hydroxyl groups is 5. The van der Waals surface area contributed by atoms with Crippen molar-refractivity contribution in [2.24, 2.45) is 23.2 Å². The number of carbonyl (C=O) groups excluding carboxylic acids is 1. The highest BCUT2D eigenvalue weighted by molar-refractivity contribution is 5.73. The van der Waals surface area contributed by atoms with E-state index < -0.39 is 101 Å². The number of ether oxygens (including phenoxy) is 5. The molecule has 7 N–H and O–H groups in total. The maximum absolute atomic E-state index is 14.4. The van der Waals surface area contributed by atoms with Crippen LogP contribution in [-0.2, 0) is 28.5 Å². The van der Waals surface area contributed by atoms with Crippen molar-refractivity contribution in [3.05, 3.63) is 0 Å². The van der Waals surface area contributed by atoms with Gasteiger partial charge in [-0.15, -0.1) is 0 Å². The smallest absolute Gasteiger partial charge is 0.311 e. The Morgan fingerprint density at radius 3 is 2.30 bits per heavy atom. The van der Waals surface area contributed by atoms with Crippen LogP contribution in [0.4, 0.5) is 0 Å². The van der Waals surface area contributed by atoms with Gasteiger partial charge in [0.25, 0.3) is 0 Å². The zero-order valence-corrected chi connectivity index (χ0v) is 35.1. The van der Waals surface area contributed by atoms with Gasteiger partial charge in [-0.2, -0.15) is 0 Å². The summed E-state index contributed by atoms with van der Waals surface area (Å²) in [6.45, 7) is 19.6. The first-order valence-electron chi connectivity index (χ1n) is 20.5. The molecule has 4 fully saturated rings. The summed E-state index contributed by atoms with van der Waals surface area (Å²) in [5.74, 6) is -2.48. The molecular formula is C40H75N3O11. The molecule has 0 spiro atoms. The number of nitrogens with zero attached hydrogens (tertiary/aromatic N) is 1. The highest BCUT2D eigenvalue weighted by Crippen LogP contribution is 2.51. The minimum atomic E-state index is -1.79. The number of likely N-dealkylation sites (N-methyl/N-ethyl adjacent to an activating group) is 1. The molecule has 316 valence electrons. The Morgan fingerprint density at radius 1 is 1.02 bits per heavy atom. The molecule has 0 unspecified atom stereocenters. The van der Waals surface area contributed by atoms with Crippen molar-refractivity contribution in [1.82, 2.24) is 15.5 Å². The van der Waals surface area contributed by atoms with Gasteiger partial charge in [-0.1, -0.05) is 34.6 Å². The van der Waals surface area contributed by atoms with Crippen LogP contribution in [0.25, 0.3) is 0 Å². The van der Waals surface area contributed by atoms with E-state index in [0.29, 0.717) is 25.9 Å². The molecule has 0 aliphatic carbocycles. The van der Waals surface area contributed by atoms with Crippen molar-refractivity contribution in [3.8, 4) is 0 Å². The summed E-state index contributed by atoms with van der Waals surface area (Å²) >= 11 is 0. The van der Waals surface area contributed by atoms with Crippen LogP contribution < -0.4 is 10.6 Å². The summed E-state index contributed by atoms with van der Waals surface area (Å²) in [7, 11) is 3.81. The first kappa shape index (κ1) is 45.7. The second kappa shape index (κ2) is 17.9. The van der Waals surface area contributed by atoms with Crippen LogP contribution in [0.3, 0.4) is 0 Å². The van der Waals surface area contributed by atoms with Crippen molar-refractivity contribution in [2.45, 2.75) is 192 Å². The zero-order valence-electron chi connectivity index (χ0n) is 35.1. The Morgan fingerprint density at radius 2 is 1.69 bits per heavy atom. The first-order valence-corrected chi connectivity index (χ1v) is 20.5. The molecule has 4 aliphatic heterocycles. The van der Waals surface area contributed by atoms with Gasteiger partial charge in [-0.05, 0) is 99.8 Å². The topological polar surface area (TPSA) is 192 Å². The van der Waals surface area contributed by atoms with Crippen molar-refractivity contribution in [3.63, 3.8) is 0 Å². The lowest BCUT2D eigenvalue weighted by molar-refractivity contribution is -0.343. The fourth-order valence-electron chi connectivity index (χ4n) is 9.87. The van der Waals surface area contributed by atoms with Crippen molar-refractivity contribution < 1.29 is 54.0 Å². The molecule has 0 aromatic heterocycles.